The first-order valence-corrected chi connectivity index (χ1v) is 24.3. The van der Waals surface area contributed by atoms with E-state index in [4.69, 9.17) is 23.0 Å². The average molecular weight is 1010 g/mol. The molecule has 10 rings (SSSR count). The number of rotatable bonds is 5. The zero-order valence-corrected chi connectivity index (χ0v) is 44.0. The zero-order valence-electron chi connectivity index (χ0n) is 44.0. The predicted octanol–water partition coefficient (Wildman–Crippen LogP) is 9.17. The molecular weight excluding hydrogens is 926 g/mol. The highest BCUT2D eigenvalue weighted by molar-refractivity contribution is 5.98. The molecule has 0 radical (unpaired) electrons. The van der Waals surface area contributed by atoms with Gasteiger partial charge < -0.3 is 64.3 Å². The van der Waals surface area contributed by atoms with Gasteiger partial charge in [-0.3, -0.25) is 9.50 Å². The number of carbonyl (C=O) groups is 3. The number of furan rings is 2. The SMILES string of the molecule is C.CC(=O)OC(=O)c1c(C)[nH]c(C)c1C.C[C@@H]1C[C@@]23CN(C)CCO[C@@]2(CC=C3[C@@H](C)O)c2ccoc21.Cc1[nH]c(C)c(C(=O)O[C@H](C)C2=CC[C@@]34OCCN(C)C[C@@]23C[C@@H](C)c2occc24)c1C.F.N.O. The van der Waals surface area contributed by atoms with Gasteiger partial charge in [-0.05, 0) is 117 Å². The van der Waals surface area contributed by atoms with Crippen LogP contribution in [0, 0.1) is 52.4 Å². The lowest BCUT2D eigenvalue weighted by atomic mass is 9.58. The summed E-state index contributed by atoms with van der Waals surface area (Å²) >= 11 is 0. The molecule has 0 saturated carbocycles. The van der Waals surface area contributed by atoms with Crippen LogP contribution < -0.4 is 6.15 Å². The van der Waals surface area contributed by atoms with Gasteiger partial charge in [0.05, 0.1) is 43.0 Å². The van der Waals surface area contributed by atoms with Gasteiger partial charge >= 0.3 is 17.9 Å². The molecule has 6 heterocycles. The van der Waals surface area contributed by atoms with Crippen LogP contribution in [-0.4, -0.2) is 114 Å². The molecular formula is C55H82FN5O11. The molecule has 400 valence electrons. The Morgan fingerprint density at radius 2 is 1.14 bits per heavy atom. The minimum absolute atomic E-state index is 0. The van der Waals surface area contributed by atoms with Crippen LogP contribution in [-0.2, 0) is 34.9 Å². The summed E-state index contributed by atoms with van der Waals surface area (Å²) in [6.45, 7) is 25.9. The van der Waals surface area contributed by atoms with Crippen LogP contribution in [0.15, 0.2) is 56.8 Å². The third-order valence-electron chi connectivity index (χ3n) is 16.2. The van der Waals surface area contributed by atoms with Crippen molar-refractivity contribution >= 4 is 17.9 Å². The number of aromatic amines is 2. The smallest absolute Gasteiger partial charge is 0.347 e. The summed E-state index contributed by atoms with van der Waals surface area (Å²) in [7, 11) is 4.31. The number of nitrogens with zero attached hydrogens (tertiary/aromatic N) is 2. The van der Waals surface area contributed by atoms with Crippen molar-refractivity contribution < 1.29 is 57.5 Å². The van der Waals surface area contributed by atoms with Gasteiger partial charge in [0.25, 0.3) is 0 Å². The van der Waals surface area contributed by atoms with Gasteiger partial charge in [0.1, 0.15) is 28.8 Å². The van der Waals surface area contributed by atoms with Crippen molar-refractivity contribution in [1.82, 2.24) is 25.9 Å². The lowest BCUT2D eigenvalue weighted by Crippen LogP contribution is -2.54. The number of hydrogen-bond acceptors (Lipinski definition) is 13. The molecule has 0 amide bonds. The minimum Gasteiger partial charge on any atom is -0.469 e. The van der Waals surface area contributed by atoms with Crippen LogP contribution in [0.4, 0.5) is 4.70 Å². The number of esters is 3. The number of aryl methyl sites for hydroxylation is 4. The number of aromatic nitrogens is 2. The van der Waals surface area contributed by atoms with Crippen LogP contribution in [0.3, 0.4) is 0 Å². The van der Waals surface area contributed by atoms with Gasteiger partial charge in [0.2, 0.25) is 0 Å². The molecule has 4 aromatic heterocycles. The number of ether oxygens (including phenoxy) is 4. The summed E-state index contributed by atoms with van der Waals surface area (Å²) in [6, 6.07) is 4.18. The molecule has 0 unspecified atom stereocenters. The molecule has 4 aliphatic carbocycles. The van der Waals surface area contributed by atoms with E-state index in [0.29, 0.717) is 23.7 Å². The van der Waals surface area contributed by atoms with E-state index in [-0.39, 0.29) is 58.2 Å². The van der Waals surface area contributed by atoms with Crippen molar-refractivity contribution in [3.63, 3.8) is 0 Å². The van der Waals surface area contributed by atoms with Crippen molar-refractivity contribution in [2.24, 2.45) is 10.8 Å². The van der Waals surface area contributed by atoms with Crippen molar-refractivity contribution in [2.45, 2.75) is 145 Å². The van der Waals surface area contributed by atoms with Crippen molar-refractivity contribution in [3.05, 3.63) is 116 Å². The fourth-order valence-corrected chi connectivity index (χ4v) is 13.3. The molecule has 4 aromatic rings. The predicted molar refractivity (Wildman–Crippen MR) is 275 cm³/mol. The molecule has 2 aliphatic heterocycles. The summed E-state index contributed by atoms with van der Waals surface area (Å²) in [5.74, 6) is 1.28. The maximum atomic E-state index is 13.2. The number of likely N-dealkylation sites (N-methyl/N-ethyl adjacent to an activating group) is 2. The maximum Gasteiger partial charge on any atom is 0.347 e. The Hall–Kier alpha value is -5.14. The van der Waals surface area contributed by atoms with Gasteiger partial charge in [0, 0.05) is 103 Å². The van der Waals surface area contributed by atoms with E-state index in [1.165, 1.54) is 23.6 Å². The third kappa shape index (κ3) is 9.50. The topological polar surface area (TPSA) is 239 Å². The van der Waals surface area contributed by atoms with E-state index in [0.717, 1.165) is 109 Å². The molecule has 16 nitrogen and oxygen atoms in total. The Balaban J connectivity index is 0.000000246. The van der Waals surface area contributed by atoms with Gasteiger partial charge in [-0.1, -0.05) is 33.4 Å². The molecule has 8 N–H and O–H groups in total. The van der Waals surface area contributed by atoms with E-state index in [1.807, 2.05) is 48.5 Å². The van der Waals surface area contributed by atoms with Crippen molar-refractivity contribution in [2.75, 3.05) is 53.5 Å². The fourth-order valence-electron chi connectivity index (χ4n) is 13.3. The molecule has 0 spiro atoms. The first-order valence-electron chi connectivity index (χ1n) is 24.3. The third-order valence-corrected chi connectivity index (χ3v) is 16.2. The summed E-state index contributed by atoms with van der Waals surface area (Å²) in [4.78, 5) is 46.2. The molecule has 2 saturated heterocycles. The number of carbonyl (C=O) groups excluding carboxylic acids is 3. The van der Waals surface area contributed by atoms with E-state index < -0.39 is 23.6 Å². The highest BCUT2D eigenvalue weighted by atomic mass is 19.0. The summed E-state index contributed by atoms with van der Waals surface area (Å²) in [6.07, 6.45) is 10.8. The number of aliphatic hydroxyl groups excluding tert-OH is 1. The second kappa shape index (κ2) is 22.1. The molecule has 0 aromatic carbocycles. The molecule has 2 fully saturated rings. The monoisotopic (exact) mass is 1010 g/mol. The van der Waals surface area contributed by atoms with Gasteiger partial charge in [-0.2, -0.15) is 0 Å². The molecule has 0 bridgehead atoms. The van der Waals surface area contributed by atoms with Crippen LogP contribution in [0.5, 0.6) is 0 Å². The van der Waals surface area contributed by atoms with Gasteiger partial charge in [0.15, 0.2) is 0 Å². The Bertz CT molecular complexity index is 2660. The lowest BCUT2D eigenvalue weighted by Gasteiger charge is -2.52. The van der Waals surface area contributed by atoms with Crippen molar-refractivity contribution in [1.29, 1.82) is 0 Å². The Kier molecular flexibility index (Phi) is 18.3. The number of hydrogen-bond donors (Lipinski definition) is 4. The number of H-pyrrole nitrogens is 2. The number of nitrogens with one attached hydrogen (secondary N) is 2. The molecule has 17 heteroatoms. The fraction of sp³-hybridized carbons (Fsp3) is 0.582. The molecule has 8 atom stereocenters. The standard InChI is InChI=1S/C26H34N2O4.C18H25NO3.C10H13NO3.CH4.FH.H3N.H2O/c1-15-13-25-14-28(6)10-12-31-26(25,21-8-11-30-23(15)21)9-7-20(25)19(5)32-24(29)22-16(2)17(3)27-18(22)4;1-12-10-17-11-19(3)7-9-22-18(17,6-4-14(17)13(2)20)15-5-8-21-16(12)15;1-5-6(2)11-7(3)9(5)10(13)14-8(4)12;;;;/h7-8,11,15,19,27H,9-10,12-14H2,1-6H3;4-5,8,12-13,20H,6-7,9-11H2,1-3H3;11H,1-4H3;1H4;1H;1H3;1H2/t15-,19-,25+,26+;12-,13-,17+,18+;;;;;/m11...../s1. The second-order valence-corrected chi connectivity index (χ2v) is 20.7. The highest BCUT2D eigenvalue weighted by Crippen LogP contribution is 2.66. The van der Waals surface area contributed by atoms with Gasteiger partial charge in [-0.25, -0.2) is 9.59 Å². The van der Waals surface area contributed by atoms with E-state index in [2.05, 4.69) is 76.7 Å². The van der Waals surface area contributed by atoms with Crippen LogP contribution >= 0.6 is 0 Å². The summed E-state index contributed by atoms with van der Waals surface area (Å²) < 4.78 is 35.6. The van der Waals surface area contributed by atoms with Crippen LogP contribution in [0.25, 0.3) is 0 Å². The Morgan fingerprint density at radius 3 is 1.54 bits per heavy atom. The zero-order chi connectivity index (χ0) is 49.2. The lowest BCUT2D eigenvalue weighted by molar-refractivity contribution is -0.135. The van der Waals surface area contributed by atoms with Crippen LogP contribution in [0.2, 0.25) is 0 Å². The first-order chi connectivity index (χ1) is 32.1. The van der Waals surface area contributed by atoms with Crippen LogP contribution in [0.1, 0.15) is 157 Å². The van der Waals surface area contributed by atoms with E-state index in [1.54, 1.807) is 19.5 Å². The Labute approximate surface area is 424 Å². The van der Waals surface area contributed by atoms with E-state index >= 15 is 0 Å². The molecule has 72 heavy (non-hydrogen) atoms. The minimum atomic E-state index is -0.590. The number of fused-ring (bicyclic) bond motifs is 2. The van der Waals surface area contributed by atoms with Crippen molar-refractivity contribution in [3.8, 4) is 0 Å². The highest BCUT2D eigenvalue weighted by Gasteiger charge is 2.66. The Morgan fingerprint density at radius 1 is 0.722 bits per heavy atom. The average Bonchev–Trinajstić information content (AvgIpc) is 4.09. The normalized spacial score (nSPS) is 27.6. The largest absolute Gasteiger partial charge is 0.469 e. The summed E-state index contributed by atoms with van der Waals surface area (Å²) in [5, 5.41) is 10.4. The quantitative estimate of drug-likeness (QED) is 0.0830. The number of aliphatic hydroxyl groups is 1. The number of halogens is 1. The van der Waals surface area contributed by atoms with E-state index in [9.17, 15) is 19.5 Å². The second-order valence-electron chi connectivity index (χ2n) is 20.7. The first kappa shape index (κ1) is 59.4. The summed E-state index contributed by atoms with van der Waals surface area (Å²) in [5.41, 5.74) is 9.88. The molecule has 6 aliphatic rings. The maximum absolute atomic E-state index is 13.2. The van der Waals surface area contributed by atoms with Gasteiger partial charge in [-0.15, -0.1) is 0 Å².